The summed E-state index contributed by atoms with van der Waals surface area (Å²) in [5, 5.41) is 16.4. The van der Waals surface area contributed by atoms with E-state index in [1.807, 2.05) is 72.8 Å². The van der Waals surface area contributed by atoms with Crippen molar-refractivity contribution in [3.05, 3.63) is 289 Å². The Bertz CT molecular complexity index is 6880. The highest BCUT2D eigenvalue weighted by atomic mass is 15.3. The standard InChI is InChI=1S/C92H62N10/c1-91(2)99-75-34-19-17-32-63(75)67-44-42-66-70(61-30-21-31-62(48-61)90-97-87(56-26-13-7-14-27-56)94-88(98-90)57-28-15-8-16-29-57)52-74-72-50-60(41-47-78(72)102(91)84(74)80(66)81(67)99)59-40-46-77-71(49-59)68-45-43-65-69(51-73-64-33-18-20-35-76(64)100-83(73)79(65)82(68)101(77)92(100,3)4)53-36-38-58(39-37-53)89-95-85(54-22-9-5-10-23-54)93-86(96-89)55-24-11-6-12-25-55/h5-40,42-52,60H,41H2,1-4H3. The third-order valence-electron chi connectivity index (χ3n) is 22.5. The fourth-order valence-corrected chi connectivity index (χ4v) is 18.0. The lowest BCUT2D eigenvalue weighted by atomic mass is 9.89. The van der Waals surface area contributed by atoms with Crippen molar-refractivity contribution in [2.75, 3.05) is 0 Å². The molecule has 0 fully saturated rings. The van der Waals surface area contributed by atoms with Gasteiger partial charge in [-0.1, -0.05) is 243 Å². The van der Waals surface area contributed by atoms with Crippen molar-refractivity contribution in [1.29, 1.82) is 0 Å². The van der Waals surface area contributed by atoms with Crippen molar-refractivity contribution in [1.82, 2.24) is 48.2 Å². The molecule has 3 aliphatic rings. The monoisotopic (exact) mass is 1310 g/mol. The molecule has 0 spiro atoms. The molecule has 8 heterocycles. The molecular weight excluding hydrogens is 1250 g/mol. The summed E-state index contributed by atoms with van der Waals surface area (Å²) in [7, 11) is 0. The Morgan fingerprint density at radius 2 is 0.667 bits per heavy atom. The van der Waals surface area contributed by atoms with E-state index >= 15 is 0 Å². The maximum absolute atomic E-state index is 5.21. The van der Waals surface area contributed by atoms with E-state index in [-0.39, 0.29) is 5.92 Å². The lowest BCUT2D eigenvalue weighted by Gasteiger charge is -2.36. The first-order valence-corrected chi connectivity index (χ1v) is 35.3. The van der Waals surface area contributed by atoms with Crippen LogP contribution in [0.15, 0.2) is 273 Å². The van der Waals surface area contributed by atoms with Crippen LogP contribution in [0.3, 0.4) is 0 Å². The molecule has 22 rings (SSSR count). The van der Waals surface area contributed by atoms with Gasteiger partial charge in [-0.3, -0.25) is 0 Å². The topological polar surface area (TPSA) is 97.1 Å². The molecule has 1 aliphatic carbocycles. The molecule has 0 bridgehead atoms. The second-order valence-corrected chi connectivity index (χ2v) is 28.8. The Labute approximate surface area is 585 Å². The summed E-state index contributed by atoms with van der Waals surface area (Å²) in [6.07, 6.45) is 6.02. The number of fused-ring (bicyclic) bond motifs is 12. The van der Waals surface area contributed by atoms with E-state index in [9.17, 15) is 0 Å². The van der Waals surface area contributed by atoms with Crippen LogP contribution in [-0.4, -0.2) is 48.2 Å². The molecule has 1 unspecified atom stereocenters. The van der Waals surface area contributed by atoms with Gasteiger partial charge in [0.1, 0.15) is 11.3 Å². The SMILES string of the molecule is CC1(C)n2c3c(c4cc(-c5cccc(-c6nc(-c7ccccc7)nc(-c7ccccc7)n6)c5)c5ccc6c7ccccc7n1c6c5c42)=CC(c1ccc2c(c1)c1ccc4c(-c5ccc(-c6nc(-c7ccccc7)nc(-c7ccccc7)n6)cc5)cc5c6ccccc6n6c5c4c1n2C6(C)C)CC=3. The van der Waals surface area contributed by atoms with E-state index in [0.717, 1.165) is 50.9 Å². The maximum Gasteiger partial charge on any atom is 0.164 e. The van der Waals surface area contributed by atoms with Crippen LogP contribution in [0.5, 0.6) is 0 Å². The molecule has 10 nitrogen and oxygen atoms in total. The van der Waals surface area contributed by atoms with Gasteiger partial charge in [-0.15, -0.1) is 0 Å². The van der Waals surface area contributed by atoms with Gasteiger partial charge in [0.15, 0.2) is 34.9 Å². The van der Waals surface area contributed by atoms with Crippen LogP contribution < -0.4 is 10.6 Å². The van der Waals surface area contributed by atoms with Gasteiger partial charge in [0.2, 0.25) is 0 Å². The summed E-state index contributed by atoms with van der Waals surface area (Å²) < 4.78 is 10.6. The van der Waals surface area contributed by atoms with Crippen molar-refractivity contribution >= 4 is 110 Å². The van der Waals surface area contributed by atoms with Crippen LogP contribution in [0.25, 0.3) is 201 Å². The predicted molar refractivity (Wildman–Crippen MR) is 418 cm³/mol. The number of rotatable bonds is 9. The van der Waals surface area contributed by atoms with Crippen LogP contribution >= 0.6 is 0 Å². The molecule has 0 saturated heterocycles. The average molecular weight is 1310 g/mol. The second kappa shape index (κ2) is 20.8. The van der Waals surface area contributed by atoms with Crippen molar-refractivity contribution in [2.45, 2.75) is 51.4 Å². The first-order valence-electron chi connectivity index (χ1n) is 35.3. The van der Waals surface area contributed by atoms with Gasteiger partial charge in [-0.25, -0.2) is 29.9 Å². The largest absolute Gasteiger partial charge is 0.316 e. The van der Waals surface area contributed by atoms with Crippen LogP contribution in [-0.2, 0) is 11.3 Å². The molecule has 480 valence electrons. The molecule has 0 saturated carbocycles. The van der Waals surface area contributed by atoms with Crippen LogP contribution in [0.4, 0.5) is 0 Å². The lowest BCUT2D eigenvalue weighted by Crippen LogP contribution is -2.45. The van der Waals surface area contributed by atoms with Gasteiger partial charge in [0, 0.05) is 98.3 Å². The molecule has 13 aromatic carbocycles. The molecule has 1 atom stereocenters. The van der Waals surface area contributed by atoms with E-state index in [2.05, 4.69) is 258 Å². The zero-order valence-electron chi connectivity index (χ0n) is 56.4. The fourth-order valence-electron chi connectivity index (χ4n) is 18.0. The van der Waals surface area contributed by atoms with Crippen molar-refractivity contribution in [2.24, 2.45) is 0 Å². The number of hydrogen-bond donors (Lipinski definition) is 0. The molecule has 19 aromatic rings. The van der Waals surface area contributed by atoms with E-state index in [1.165, 1.54) is 125 Å². The molecule has 0 amide bonds. The quantitative estimate of drug-likeness (QED) is 0.143. The highest BCUT2D eigenvalue weighted by Crippen LogP contribution is 2.53. The summed E-state index contributed by atoms with van der Waals surface area (Å²) in [6.45, 7) is 9.63. The van der Waals surface area contributed by atoms with Gasteiger partial charge in [0.05, 0.1) is 38.6 Å². The minimum Gasteiger partial charge on any atom is -0.316 e. The molecule has 10 heteroatoms. The summed E-state index contributed by atoms with van der Waals surface area (Å²) in [6, 6.07) is 98.4. The zero-order valence-corrected chi connectivity index (χ0v) is 56.4. The van der Waals surface area contributed by atoms with E-state index in [0.29, 0.717) is 34.9 Å². The summed E-state index contributed by atoms with van der Waals surface area (Å²) in [5.41, 5.74) is 19.4. The Balaban J connectivity index is 0.716. The first-order chi connectivity index (χ1) is 50.1. The van der Waals surface area contributed by atoms with Crippen LogP contribution in [0.2, 0.25) is 0 Å². The van der Waals surface area contributed by atoms with E-state index < -0.39 is 11.3 Å². The Morgan fingerprint density at radius 3 is 1.21 bits per heavy atom. The predicted octanol–water partition coefficient (Wildman–Crippen LogP) is 20.8. The van der Waals surface area contributed by atoms with E-state index in [4.69, 9.17) is 29.9 Å². The highest BCUT2D eigenvalue weighted by molar-refractivity contribution is 6.32. The third-order valence-corrected chi connectivity index (χ3v) is 22.5. The zero-order chi connectivity index (χ0) is 67.4. The van der Waals surface area contributed by atoms with Gasteiger partial charge in [-0.05, 0) is 115 Å². The van der Waals surface area contributed by atoms with Crippen molar-refractivity contribution in [3.8, 4) is 90.6 Å². The Morgan fingerprint density at radius 1 is 0.284 bits per heavy atom. The number of benzene rings is 13. The average Bonchev–Trinajstić information content (AvgIpc) is 1.50. The van der Waals surface area contributed by atoms with Gasteiger partial charge in [0.25, 0.3) is 0 Å². The van der Waals surface area contributed by atoms with Crippen molar-refractivity contribution in [3.63, 3.8) is 0 Å². The molecule has 0 radical (unpaired) electrons. The normalized spacial score (nSPS) is 14.8. The molecular formula is C92H62N10. The summed E-state index contributed by atoms with van der Waals surface area (Å²) in [4.78, 5) is 30.7. The number of hydrogen-bond acceptors (Lipinski definition) is 6. The molecule has 102 heavy (non-hydrogen) atoms. The Hall–Kier alpha value is -12.9. The molecule has 2 aliphatic heterocycles. The summed E-state index contributed by atoms with van der Waals surface area (Å²) >= 11 is 0. The molecule has 6 aromatic heterocycles. The Kier molecular flexibility index (Phi) is 11.6. The smallest absolute Gasteiger partial charge is 0.164 e. The highest BCUT2D eigenvalue weighted by Gasteiger charge is 2.39. The fraction of sp³-hybridized carbons (Fsp3) is 0.0870. The summed E-state index contributed by atoms with van der Waals surface area (Å²) in [5.74, 6) is 3.93. The van der Waals surface area contributed by atoms with Crippen molar-refractivity contribution < 1.29 is 0 Å². The first kappa shape index (κ1) is 57.0. The second-order valence-electron chi connectivity index (χ2n) is 28.8. The number of nitrogens with zero attached hydrogens (tertiary/aromatic N) is 10. The van der Waals surface area contributed by atoms with Gasteiger partial charge < -0.3 is 18.3 Å². The van der Waals surface area contributed by atoms with Gasteiger partial charge in [-0.2, -0.15) is 0 Å². The minimum absolute atomic E-state index is 0.104. The van der Waals surface area contributed by atoms with E-state index in [1.54, 1.807) is 0 Å². The number of aromatic nitrogens is 10. The van der Waals surface area contributed by atoms with Crippen LogP contribution in [0, 0.1) is 0 Å². The minimum atomic E-state index is -0.465. The van der Waals surface area contributed by atoms with Crippen LogP contribution in [0.1, 0.15) is 45.6 Å². The molecule has 0 N–H and O–H groups in total. The lowest BCUT2D eigenvalue weighted by molar-refractivity contribution is 0.311. The maximum atomic E-state index is 5.21. The number of para-hydroxylation sites is 2. The van der Waals surface area contributed by atoms with Gasteiger partial charge >= 0.3 is 0 Å². The third kappa shape index (κ3) is 7.94.